The summed E-state index contributed by atoms with van der Waals surface area (Å²) in [4.78, 5) is 11.8. The smallest absolute Gasteiger partial charge is 0.338 e. The Kier molecular flexibility index (Phi) is 7.25. The van der Waals surface area contributed by atoms with Gasteiger partial charge in [0.15, 0.2) is 0 Å². The van der Waals surface area contributed by atoms with E-state index in [1.54, 1.807) is 24.8 Å². The molecule has 0 aromatic heterocycles. The number of thioether (sulfide) groups is 1. The molecule has 0 bridgehead atoms. The molecule has 0 saturated heterocycles. The van der Waals surface area contributed by atoms with Crippen molar-refractivity contribution in [3.05, 3.63) is 64.7 Å². The Labute approximate surface area is 159 Å². The number of carbonyl (C=O) groups excluding carboxylic acids is 1. The minimum absolute atomic E-state index is 0.0621. The molecule has 0 aliphatic carbocycles. The third-order valence-corrected chi connectivity index (χ3v) is 6.34. The van der Waals surface area contributed by atoms with Gasteiger partial charge in [-0.25, -0.2) is 17.9 Å². The monoisotopic (exact) mass is 393 g/mol. The molecule has 1 N–H and O–H groups in total. The van der Waals surface area contributed by atoms with Crippen molar-refractivity contribution in [2.24, 2.45) is 0 Å². The van der Waals surface area contributed by atoms with Crippen LogP contribution in [0.2, 0.25) is 0 Å². The number of benzene rings is 2. The van der Waals surface area contributed by atoms with E-state index in [1.807, 2.05) is 6.92 Å². The number of hydrogen-bond acceptors (Lipinski definition) is 5. The molecule has 2 rings (SSSR count). The maximum Gasteiger partial charge on any atom is 0.338 e. The quantitative estimate of drug-likeness (QED) is 0.550. The summed E-state index contributed by atoms with van der Waals surface area (Å²) in [5.74, 6) is 0.940. The number of esters is 1. The third kappa shape index (κ3) is 5.59. The van der Waals surface area contributed by atoms with Gasteiger partial charge in [-0.05, 0) is 37.1 Å². The highest BCUT2D eigenvalue weighted by Crippen LogP contribution is 2.17. The Morgan fingerprint density at radius 3 is 2.46 bits per heavy atom. The molecule has 2 aromatic rings. The topological polar surface area (TPSA) is 72.5 Å². The standard InChI is InChI=1S/C19H23NO4S2/c1-14-4-7-16(8-5-14)13-25-11-10-20-26(22,23)17-9-6-15(2)18(12-17)19(21)24-3/h4-9,12,20H,10-11,13H2,1-3H3. The first kappa shape index (κ1) is 20.5. The van der Waals surface area contributed by atoms with Crippen molar-refractivity contribution >= 4 is 27.8 Å². The van der Waals surface area contributed by atoms with Crippen LogP contribution in [0.15, 0.2) is 47.4 Å². The second-order valence-corrected chi connectivity index (χ2v) is 8.78. The van der Waals surface area contributed by atoms with Crippen molar-refractivity contribution in [2.75, 3.05) is 19.4 Å². The van der Waals surface area contributed by atoms with Gasteiger partial charge >= 0.3 is 5.97 Å². The van der Waals surface area contributed by atoms with Crippen LogP contribution < -0.4 is 4.72 Å². The molecule has 0 radical (unpaired) electrons. The molecular formula is C19H23NO4S2. The molecule has 0 aliphatic rings. The van der Waals surface area contributed by atoms with Gasteiger partial charge in [0.25, 0.3) is 0 Å². The van der Waals surface area contributed by atoms with E-state index in [1.165, 1.54) is 30.4 Å². The fourth-order valence-corrected chi connectivity index (χ4v) is 4.31. The molecule has 2 aromatic carbocycles. The summed E-state index contributed by atoms with van der Waals surface area (Å²) in [6.45, 7) is 4.10. The fraction of sp³-hybridized carbons (Fsp3) is 0.316. The van der Waals surface area contributed by atoms with Crippen molar-refractivity contribution in [1.29, 1.82) is 0 Å². The lowest BCUT2D eigenvalue weighted by Crippen LogP contribution is -2.26. The van der Waals surface area contributed by atoms with E-state index in [0.717, 1.165) is 5.75 Å². The summed E-state index contributed by atoms with van der Waals surface area (Å²) in [7, 11) is -2.39. The van der Waals surface area contributed by atoms with E-state index >= 15 is 0 Å². The van der Waals surface area contributed by atoms with Crippen LogP contribution >= 0.6 is 11.8 Å². The lowest BCUT2D eigenvalue weighted by molar-refractivity contribution is 0.0599. The molecule has 0 unspecified atom stereocenters. The van der Waals surface area contributed by atoms with Gasteiger partial charge in [-0.2, -0.15) is 11.8 Å². The predicted octanol–water partition coefficient (Wildman–Crippen LogP) is 3.30. The van der Waals surface area contributed by atoms with Gasteiger partial charge < -0.3 is 4.74 Å². The van der Waals surface area contributed by atoms with Crippen LogP contribution in [-0.2, 0) is 20.5 Å². The van der Waals surface area contributed by atoms with Crippen LogP contribution in [-0.4, -0.2) is 33.8 Å². The number of sulfonamides is 1. The maximum atomic E-state index is 12.4. The van der Waals surface area contributed by atoms with Crippen LogP contribution in [0.1, 0.15) is 27.0 Å². The Bertz CT molecular complexity index is 862. The van der Waals surface area contributed by atoms with Crippen LogP contribution in [0.4, 0.5) is 0 Å². The molecule has 7 heteroatoms. The minimum atomic E-state index is -3.66. The zero-order valence-electron chi connectivity index (χ0n) is 15.1. The number of rotatable bonds is 8. The summed E-state index contributed by atoms with van der Waals surface area (Å²) in [6, 6.07) is 12.7. The molecule has 0 aliphatic heterocycles. The minimum Gasteiger partial charge on any atom is -0.465 e. The van der Waals surface area contributed by atoms with Crippen molar-refractivity contribution in [1.82, 2.24) is 4.72 Å². The zero-order valence-corrected chi connectivity index (χ0v) is 16.7. The molecule has 0 amide bonds. The maximum absolute atomic E-state index is 12.4. The summed E-state index contributed by atoms with van der Waals surface area (Å²) in [5, 5.41) is 0. The predicted molar refractivity (Wildman–Crippen MR) is 105 cm³/mol. The van der Waals surface area contributed by atoms with Gasteiger partial charge in [0.2, 0.25) is 10.0 Å². The number of methoxy groups -OCH3 is 1. The first-order valence-corrected chi connectivity index (χ1v) is 10.8. The molecule has 140 valence electrons. The number of aryl methyl sites for hydroxylation is 2. The van der Waals surface area contributed by atoms with Crippen LogP contribution in [0, 0.1) is 13.8 Å². The first-order valence-electron chi connectivity index (χ1n) is 8.15. The van der Waals surface area contributed by atoms with Gasteiger partial charge in [-0.3, -0.25) is 0 Å². The number of carbonyl (C=O) groups is 1. The lowest BCUT2D eigenvalue weighted by Gasteiger charge is -2.10. The van der Waals surface area contributed by atoms with Crippen LogP contribution in [0.3, 0.4) is 0 Å². The molecular weight excluding hydrogens is 370 g/mol. The summed E-state index contributed by atoms with van der Waals surface area (Å²) >= 11 is 1.66. The first-order chi connectivity index (χ1) is 12.3. The highest BCUT2D eigenvalue weighted by molar-refractivity contribution is 7.98. The van der Waals surface area contributed by atoms with E-state index in [2.05, 4.69) is 33.7 Å². The van der Waals surface area contributed by atoms with E-state index in [4.69, 9.17) is 0 Å². The second-order valence-electron chi connectivity index (χ2n) is 5.90. The number of ether oxygens (including phenoxy) is 1. The lowest BCUT2D eigenvalue weighted by atomic mass is 10.1. The average Bonchev–Trinajstić information content (AvgIpc) is 2.62. The Morgan fingerprint density at radius 1 is 1.12 bits per heavy atom. The Hall–Kier alpha value is -1.83. The molecule has 26 heavy (non-hydrogen) atoms. The van der Waals surface area contributed by atoms with E-state index in [0.29, 0.717) is 17.9 Å². The van der Waals surface area contributed by atoms with Gasteiger partial charge in [0.05, 0.1) is 17.6 Å². The molecule has 5 nitrogen and oxygen atoms in total. The highest BCUT2D eigenvalue weighted by atomic mass is 32.2. The fourth-order valence-electron chi connectivity index (χ4n) is 2.30. The van der Waals surface area contributed by atoms with E-state index < -0.39 is 16.0 Å². The number of hydrogen-bond donors (Lipinski definition) is 1. The number of nitrogens with one attached hydrogen (secondary N) is 1. The van der Waals surface area contributed by atoms with Crippen LogP contribution in [0.5, 0.6) is 0 Å². The van der Waals surface area contributed by atoms with Crippen molar-refractivity contribution < 1.29 is 17.9 Å². The van der Waals surface area contributed by atoms with Gasteiger partial charge in [0, 0.05) is 18.1 Å². The van der Waals surface area contributed by atoms with Gasteiger partial charge in [0.1, 0.15) is 0 Å². The highest BCUT2D eigenvalue weighted by Gasteiger charge is 2.17. The van der Waals surface area contributed by atoms with E-state index in [9.17, 15) is 13.2 Å². The molecule has 0 saturated carbocycles. The van der Waals surface area contributed by atoms with E-state index in [-0.39, 0.29) is 10.5 Å². The average molecular weight is 394 g/mol. The normalized spacial score (nSPS) is 11.3. The second kappa shape index (κ2) is 9.21. The van der Waals surface area contributed by atoms with Crippen molar-refractivity contribution in [3.8, 4) is 0 Å². The van der Waals surface area contributed by atoms with Crippen molar-refractivity contribution in [2.45, 2.75) is 24.5 Å². The SMILES string of the molecule is COC(=O)c1cc(S(=O)(=O)NCCSCc2ccc(C)cc2)ccc1C. The van der Waals surface area contributed by atoms with Crippen molar-refractivity contribution in [3.63, 3.8) is 0 Å². The Balaban J connectivity index is 1.90. The summed E-state index contributed by atoms with van der Waals surface area (Å²) < 4.78 is 32.1. The Morgan fingerprint density at radius 2 is 1.81 bits per heavy atom. The van der Waals surface area contributed by atoms with Gasteiger partial charge in [-0.15, -0.1) is 0 Å². The molecule has 0 fully saturated rings. The summed E-state index contributed by atoms with van der Waals surface area (Å²) in [5.41, 5.74) is 3.36. The van der Waals surface area contributed by atoms with Crippen LogP contribution in [0.25, 0.3) is 0 Å². The van der Waals surface area contributed by atoms with Gasteiger partial charge in [-0.1, -0.05) is 35.9 Å². The molecule has 0 atom stereocenters. The zero-order chi connectivity index (χ0) is 19.2. The molecule has 0 heterocycles. The largest absolute Gasteiger partial charge is 0.465 e. The third-order valence-electron chi connectivity index (χ3n) is 3.85. The summed E-state index contributed by atoms with van der Waals surface area (Å²) in [6.07, 6.45) is 0. The molecule has 0 spiro atoms.